The maximum Gasteiger partial charge on any atom is 0.292 e. The fourth-order valence-corrected chi connectivity index (χ4v) is 0.684. The second kappa shape index (κ2) is 6.79. The van der Waals surface area contributed by atoms with Crippen LogP contribution in [0, 0.1) is 6.92 Å². The van der Waals surface area contributed by atoms with Crippen LogP contribution in [0.15, 0.2) is 22.9 Å². The van der Waals surface area contributed by atoms with Gasteiger partial charge in [-0.25, -0.2) is 4.98 Å². The molecule has 0 spiro atoms. The molecule has 0 unspecified atom stereocenters. The summed E-state index contributed by atoms with van der Waals surface area (Å²) >= 11 is 3.23. The molecule has 0 aliphatic heterocycles. The van der Waals surface area contributed by atoms with Gasteiger partial charge in [0.25, 0.3) is 6.47 Å². The number of aromatic nitrogens is 1. The third-order valence-corrected chi connectivity index (χ3v) is 1.44. The van der Waals surface area contributed by atoms with Crippen molar-refractivity contribution < 1.29 is 9.53 Å². The zero-order valence-corrected chi connectivity index (χ0v) is 8.54. The number of aryl methyl sites for hydroxylation is 1. The van der Waals surface area contributed by atoms with Crippen molar-refractivity contribution in [2.75, 3.05) is 7.11 Å². The quantitative estimate of drug-likeness (QED) is 0.548. The van der Waals surface area contributed by atoms with Crippen LogP contribution in [0.5, 0.6) is 0 Å². The summed E-state index contributed by atoms with van der Waals surface area (Å²) in [4.78, 5) is 12.9. The van der Waals surface area contributed by atoms with Gasteiger partial charge in [0.1, 0.15) is 4.60 Å². The maximum absolute atomic E-state index is 8.95. The number of hydrogen-bond donors (Lipinski definition) is 0. The molecule has 0 amide bonds. The number of carbonyl (C=O) groups is 1. The molecule has 1 heterocycles. The van der Waals surface area contributed by atoms with Crippen molar-refractivity contribution in [2.24, 2.45) is 0 Å². The first kappa shape index (κ1) is 11.1. The minimum Gasteiger partial charge on any atom is -0.471 e. The Balaban J connectivity index is 0.000000261. The number of rotatable bonds is 1. The third-order valence-electron chi connectivity index (χ3n) is 0.971. The van der Waals surface area contributed by atoms with Gasteiger partial charge in [-0.3, -0.25) is 4.79 Å². The minimum atomic E-state index is 0.375. The molecule has 0 aromatic carbocycles. The van der Waals surface area contributed by atoms with Gasteiger partial charge in [-0.1, -0.05) is 6.07 Å². The molecule has 1 rings (SSSR count). The van der Waals surface area contributed by atoms with E-state index in [1.54, 1.807) is 0 Å². The Morgan fingerprint density at radius 3 is 2.42 bits per heavy atom. The summed E-state index contributed by atoms with van der Waals surface area (Å²) in [5.74, 6) is 0. The standard InChI is InChI=1S/C6H6BrN.C2H4O2/c1-5-2-3-6(7)8-4-5;1-4-2-3/h2-4H,1H3;2H,1H3. The summed E-state index contributed by atoms with van der Waals surface area (Å²) in [6.45, 7) is 2.39. The SMILES string of the molecule is COC=O.Cc1ccc(Br)nc1. The Morgan fingerprint density at radius 2 is 2.17 bits per heavy atom. The van der Waals surface area contributed by atoms with E-state index in [2.05, 4.69) is 25.7 Å². The second-order valence-electron chi connectivity index (χ2n) is 1.99. The maximum atomic E-state index is 8.95. The molecule has 1 aromatic rings. The highest BCUT2D eigenvalue weighted by Gasteiger charge is 1.82. The second-order valence-corrected chi connectivity index (χ2v) is 2.80. The van der Waals surface area contributed by atoms with Crippen molar-refractivity contribution in [2.45, 2.75) is 6.92 Å². The van der Waals surface area contributed by atoms with E-state index in [1.807, 2.05) is 25.3 Å². The fraction of sp³-hybridized carbons (Fsp3) is 0.250. The fourth-order valence-electron chi connectivity index (χ4n) is 0.450. The predicted molar refractivity (Wildman–Crippen MR) is 49.7 cm³/mol. The van der Waals surface area contributed by atoms with Crippen LogP contribution in [-0.4, -0.2) is 18.6 Å². The number of pyridine rings is 1. The lowest BCUT2D eigenvalue weighted by molar-refractivity contribution is -0.126. The van der Waals surface area contributed by atoms with Gasteiger partial charge in [0, 0.05) is 6.20 Å². The van der Waals surface area contributed by atoms with Crippen LogP contribution in [0.4, 0.5) is 0 Å². The average molecular weight is 232 g/mol. The number of ether oxygens (including phenoxy) is 1. The zero-order valence-electron chi connectivity index (χ0n) is 6.95. The molecule has 1 aromatic heterocycles. The Morgan fingerprint density at radius 1 is 1.58 bits per heavy atom. The lowest BCUT2D eigenvalue weighted by Gasteiger charge is -1.87. The number of hydrogen-bond acceptors (Lipinski definition) is 3. The number of carbonyl (C=O) groups excluding carboxylic acids is 1. The van der Waals surface area contributed by atoms with Crippen molar-refractivity contribution in [3.63, 3.8) is 0 Å². The molecule has 0 fully saturated rings. The topological polar surface area (TPSA) is 39.2 Å². The Bertz CT molecular complexity index is 202. The first-order valence-corrected chi connectivity index (χ1v) is 4.04. The third kappa shape index (κ3) is 5.85. The molecule has 4 heteroatoms. The van der Waals surface area contributed by atoms with E-state index in [4.69, 9.17) is 4.79 Å². The molecule has 12 heavy (non-hydrogen) atoms. The van der Waals surface area contributed by atoms with E-state index in [0.29, 0.717) is 6.47 Å². The van der Waals surface area contributed by atoms with E-state index >= 15 is 0 Å². The van der Waals surface area contributed by atoms with Gasteiger partial charge in [-0.05, 0) is 34.5 Å². The smallest absolute Gasteiger partial charge is 0.292 e. The van der Waals surface area contributed by atoms with Crippen LogP contribution in [-0.2, 0) is 9.53 Å². The summed E-state index contributed by atoms with van der Waals surface area (Å²) in [6, 6.07) is 3.94. The summed E-state index contributed by atoms with van der Waals surface area (Å²) in [7, 11) is 1.31. The van der Waals surface area contributed by atoms with Gasteiger partial charge in [-0.2, -0.15) is 0 Å². The summed E-state index contributed by atoms with van der Waals surface area (Å²) in [5, 5.41) is 0. The highest BCUT2D eigenvalue weighted by atomic mass is 79.9. The number of methoxy groups -OCH3 is 1. The molecule has 0 radical (unpaired) electrons. The summed E-state index contributed by atoms with van der Waals surface area (Å²) < 4.78 is 4.75. The molecule has 66 valence electrons. The first-order chi connectivity index (χ1) is 5.70. The molecule has 0 aliphatic rings. The van der Waals surface area contributed by atoms with Crippen molar-refractivity contribution >= 4 is 22.4 Å². The predicted octanol–water partition coefficient (Wildman–Crippen LogP) is 1.94. The number of nitrogens with zero attached hydrogens (tertiary/aromatic N) is 1. The van der Waals surface area contributed by atoms with Gasteiger partial charge in [0.2, 0.25) is 0 Å². The highest BCUT2D eigenvalue weighted by molar-refractivity contribution is 9.10. The van der Waals surface area contributed by atoms with Crippen LogP contribution in [0.2, 0.25) is 0 Å². The van der Waals surface area contributed by atoms with E-state index in [9.17, 15) is 0 Å². The Hall–Kier alpha value is -0.900. The molecular formula is C8H10BrNO2. The number of halogens is 1. The van der Waals surface area contributed by atoms with Crippen LogP contribution >= 0.6 is 15.9 Å². The van der Waals surface area contributed by atoms with Gasteiger partial charge >= 0.3 is 0 Å². The average Bonchev–Trinajstić information content (AvgIpc) is 2.11. The molecule has 0 atom stereocenters. The molecule has 0 bridgehead atoms. The van der Waals surface area contributed by atoms with Gasteiger partial charge in [0.15, 0.2) is 0 Å². The van der Waals surface area contributed by atoms with Gasteiger partial charge in [0.05, 0.1) is 7.11 Å². The van der Waals surface area contributed by atoms with Crippen LogP contribution in [0.1, 0.15) is 5.56 Å². The van der Waals surface area contributed by atoms with Gasteiger partial charge in [-0.15, -0.1) is 0 Å². The Kier molecular flexibility index (Phi) is 6.28. The molecule has 3 nitrogen and oxygen atoms in total. The normalized spacial score (nSPS) is 7.92. The van der Waals surface area contributed by atoms with Gasteiger partial charge < -0.3 is 4.74 Å². The Labute approximate surface area is 79.9 Å². The van der Waals surface area contributed by atoms with Crippen LogP contribution in [0.25, 0.3) is 0 Å². The van der Waals surface area contributed by atoms with Crippen molar-refractivity contribution in [3.8, 4) is 0 Å². The summed E-state index contributed by atoms with van der Waals surface area (Å²) in [5.41, 5.74) is 1.19. The van der Waals surface area contributed by atoms with Crippen LogP contribution in [0.3, 0.4) is 0 Å². The van der Waals surface area contributed by atoms with E-state index in [0.717, 1.165) is 4.60 Å². The molecule has 0 aliphatic carbocycles. The van der Waals surface area contributed by atoms with Crippen molar-refractivity contribution in [1.82, 2.24) is 4.98 Å². The van der Waals surface area contributed by atoms with Crippen LogP contribution < -0.4 is 0 Å². The molecular weight excluding hydrogens is 222 g/mol. The molecule has 0 N–H and O–H groups in total. The summed E-state index contributed by atoms with van der Waals surface area (Å²) in [6.07, 6.45) is 1.82. The van der Waals surface area contributed by atoms with E-state index < -0.39 is 0 Å². The monoisotopic (exact) mass is 231 g/mol. The zero-order chi connectivity index (χ0) is 9.40. The largest absolute Gasteiger partial charge is 0.471 e. The van der Waals surface area contributed by atoms with E-state index in [1.165, 1.54) is 12.7 Å². The first-order valence-electron chi connectivity index (χ1n) is 3.25. The van der Waals surface area contributed by atoms with E-state index in [-0.39, 0.29) is 0 Å². The lowest BCUT2D eigenvalue weighted by Crippen LogP contribution is -1.74. The van der Waals surface area contributed by atoms with Crippen molar-refractivity contribution in [1.29, 1.82) is 0 Å². The van der Waals surface area contributed by atoms with Crippen molar-refractivity contribution in [3.05, 3.63) is 28.5 Å². The molecule has 0 saturated carbocycles. The molecule has 0 saturated heterocycles. The lowest BCUT2D eigenvalue weighted by atomic mass is 10.3. The highest BCUT2D eigenvalue weighted by Crippen LogP contribution is 2.04. The minimum absolute atomic E-state index is 0.375.